The Morgan fingerprint density at radius 1 is 1.00 bits per heavy atom. The predicted octanol–water partition coefficient (Wildman–Crippen LogP) is 4.86. The van der Waals surface area contributed by atoms with Crippen LogP contribution in [0.4, 0.5) is 8.78 Å². The number of aromatic nitrogens is 1. The van der Waals surface area contributed by atoms with Gasteiger partial charge in [-0.25, -0.2) is 13.8 Å². The van der Waals surface area contributed by atoms with Crippen molar-refractivity contribution in [3.05, 3.63) is 95.2 Å². The van der Waals surface area contributed by atoms with Crippen LogP contribution in [0.3, 0.4) is 0 Å². The second-order valence-corrected chi connectivity index (χ2v) is 9.43. The summed E-state index contributed by atoms with van der Waals surface area (Å²) in [6.45, 7) is 1.35. The standard InChI is InChI=1S/C27H27F2N3O2S/c28-22-9-7-19(8-10-22)18-35-26-23(5-3-14-31-26)27(34)32-16-12-21(13-17-32)25(33)30-15-11-20-4-1-2-6-24(20)29/h1-10,14,21H,11-13,15-18H2,(H,30,33). The lowest BCUT2D eigenvalue weighted by atomic mass is 9.95. The molecule has 1 N–H and O–H groups in total. The molecule has 35 heavy (non-hydrogen) atoms. The molecular formula is C27H27F2N3O2S. The third-order valence-corrected chi connectivity index (χ3v) is 7.17. The Bertz CT molecular complexity index is 1170. The molecule has 2 aromatic carbocycles. The van der Waals surface area contributed by atoms with E-state index in [0.29, 0.717) is 60.8 Å². The zero-order valence-electron chi connectivity index (χ0n) is 19.3. The van der Waals surface area contributed by atoms with E-state index in [2.05, 4.69) is 10.3 Å². The number of halogens is 2. The molecule has 1 saturated heterocycles. The van der Waals surface area contributed by atoms with E-state index in [1.165, 1.54) is 30.0 Å². The molecule has 2 heterocycles. The average Bonchev–Trinajstić information content (AvgIpc) is 2.89. The SMILES string of the molecule is O=C(NCCc1ccccc1F)C1CCN(C(=O)c2cccnc2SCc2ccc(F)cc2)CC1. The van der Waals surface area contributed by atoms with Gasteiger partial charge >= 0.3 is 0 Å². The van der Waals surface area contributed by atoms with Gasteiger partial charge in [-0.05, 0) is 60.7 Å². The number of hydrogen-bond donors (Lipinski definition) is 1. The smallest absolute Gasteiger partial charge is 0.256 e. The van der Waals surface area contributed by atoms with Gasteiger partial charge in [0.1, 0.15) is 16.7 Å². The van der Waals surface area contributed by atoms with Crippen molar-refractivity contribution in [2.24, 2.45) is 5.92 Å². The molecule has 4 rings (SSSR count). The maximum atomic E-state index is 13.7. The summed E-state index contributed by atoms with van der Waals surface area (Å²) in [7, 11) is 0. The second-order valence-electron chi connectivity index (χ2n) is 8.47. The molecule has 1 aliphatic heterocycles. The Labute approximate surface area is 207 Å². The number of nitrogens with one attached hydrogen (secondary N) is 1. The molecule has 0 unspecified atom stereocenters. The van der Waals surface area contributed by atoms with Crippen molar-refractivity contribution in [3.8, 4) is 0 Å². The number of pyridine rings is 1. The van der Waals surface area contributed by atoms with Crippen molar-refractivity contribution in [3.63, 3.8) is 0 Å². The van der Waals surface area contributed by atoms with Crippen LogP contribution in [0, 0.1) is 17.6 Å². The topological polar surface area (TPSA) is 62.3 Å². The van der Waals surface area contributed by atoms with Gasteiger partial charge < -0.3 is 10.2 Å². The van der Waals surface area contributed by atoms with Gasteiger partial charge in [-0.3, -0.25) is 9.59 Å². The van der Waals surface area contributed by atoms with Gasteiger partial charge in [0.25, 0.3) is 5.91 Å². The van der Waals surface area contributed by atoms with Crippen molar-refractivity contribution in [1.82, 2.24) is 15.2 Å². The number of thioether (sulfide) groups is 1. The summed E-state index contributed by atoms with van der Waals surface area (Å²) in [4.78, 5) is 31.9. The maximum absolute atomic E-state index is 13.7. The maximum Gasteiger partial charge on any atom is 0.256 e. The highest BCUT2D eigenvalue weighted by Crippen LogP contribution is 2.27. The monoisotopic (exact) mass is 495 g/mol. The largest absolute Gasteiger partial charge is 0.356 e. The highest BCUT2D eigenvalue weighted by atomic mass is 32.2. The van der Waals surface area contributed by atoms with Crippen LogP contribution in [0.1, 0.15) is 34.3 Å². The van der Waals surface area contributed by atoms with Gasteiger partial charge in [0.05, 0.1) is 5.56 Å². The van der Waals surface area contributed by atoms with Gasteiger partial charge in [0.2, 0.25) is 5.91 Å². The minimum absolute atomic E-state index is 0.0506. The Morgan fingerprint density at radius 3 is 2.49 bits per heavy atom. The van der Waals surface area contributed by atoms with E-state index < -0.39 is 0 Å². The molecule has 1 aliphatic rings. The Hall–Kier alpha value is -3.26. The number of likely N-dealkylation sites (tertiary alicyclic amines) is 1. The molecule has 0 saturated carbocycles. The number of carbonyl (C=O) groups is 2. The van der Waals surface area contributed by atoms with Crippen LogP contribution in [0.15, 0.2) is 71.9 Å². The first kappa shape index (κ1) is 24.9. The number of hydrogen-bond acceptors (Lipinski definition) is 4. The van der Waals surface area contributed by atoms with Crippen LogP contribution >= 0.6 is 11.8 Å². The number of benzene rings is 2. The molecule has 0 atom stereocenters. The normalized spacial score (nSPS) is 14.1. The summed E-state index contributed by atoms with van der Waals surface area (Å²) < 4.78 is 26.9. The van der Waals surface area contributed by atoms with Crippen LogP contribution in [0.25, 0.3) is 0 Å². The van der Waals surface area contributed by atoms with Crippen molar-refractivity contribution < 1.29 is 18.4 Å². The minimum Gasteiger partial charge on any atom is -0.356 e. The van der Waals surface area contributed by atoms with Gasteiger partial charge in [-0.15, -0.1) is 11.8 Å². The Morgan fingerprint density at radius 2 is 1.74 bits per heavy atom. The number of carbonyl (C=O) groups excluding carboxylic acids is 2. The number of piperidine rings is 1. The molecule has 1 aromatic heterocycles. The molecule has 1 fully saturated rings. The summed E-state index contributed by atoms with van der Waals surface area (Å²) in [6.07, 6.45) is 3.25. The van der Waals surface area contributed by atoms with Crippen molar-refractivity contribution in [2.45, 2.75) is 30.0 Å². The van der Waals surface area contributed by atoms with E-state index in [1.54, 1.807) is 53.6 Å². The summed E-state index contributed by atoms with van der Waals surface area (Å²) >= 11 is 1.44. The van der Waals surface area contributed by atoms with E-state index >= 15 is 0 Å². The fourth-order valence-electron chi connectivity index (χ4n) is 4.08. The molecule has 182 valence electrons. The molecule has 0 bridgehead atoms. The highest BCUT2D eigenvalue weighted by molar-refractivity contribution is 7.98. The average molecular weight is 496 g/mol. The van der Waals surface area contributed by atoms with E-state index in [4.69, 9.17) is 0 Å². The first-order chi connectivity index (χ1) is 17.0. The summed E-state index contributed by atoms with van der Waals surface area (Å²) in [5.41, 5.74) is 2.06. The molecular weight excluding hydrogens is 468 g/mol. The van der Waals surface area contributed by atoms with Gasteiger partial charge in [-0.1, -0.05) is 30.3 Å². The summed E-state index contributed by atoms with van der Waals surface area (Å²) in [5, 5.41) is 3.54. The van der Waals surface area contributed by atoms with E-state index in [1.807, 2.05) is 0 Å². The molecule has 0 spiro atoms. The fourth-order valence-corrected chi connectivity index (χ4v) is 5.02. The van der Waals surface area contributed by atoms with E-state index in [0.717, 1.165) is 5.56 Å². The van der Waals surface area contributed by atoms with Gasteiger partial charge in [0.15, 0.2) is 0 Å². The van der Waals surface area contributed by atoms with Crippen LogP contribution in [0.2, 0.25) is 0 Å². The predicted molar refractivity (Wildman–Crippen MR) is 132 cm³/mol. The van der Waals surface area contributed by atoms with Crippen molar-refractivity contribution in [1.29, 1.82) is 0 Å². The first-order valence-electron chi connectivity index (χ1n) is 11.6. The van der Waals surface area contributed by atoms with Crippen molar-refractivity contribution >= 4 is 23.6 Å². The van der Waals surface area contributed by atoms with Crippen LogP contribution < -0.4 is 5.32 Å². The summed E-state index contributed by atoms with van der Waals surface area (Å²) in [6, 6.07) is 16.3. The second kappa shape index (κ2) is 11.9. The van der Waals surface area contributed by atoms with Gasteiger partial charge in [0, 0.05) is 37.5 Å². The van der Waals surface area contributed by atoms with Gasteiger partial charge in [-0.2, -0.15) is 0 Å². The van der Waals surface area contributed by atoms with Crippen LogP contribution in [-0.4, -0.2) is 41.3 Å². The quantitative estimate of drug-likeness (QED) is 0.453. The molecule has 2 amide bonds. The highest BCUT2D eigenvalue weighted by Gasteiger charge is 2.28. The molecule has 0 aliphatic carbocycles. The minimum atomic E-state index is -0.283. The number of nitrogens with zero attached hydrogens (tertiary/aromatic N) is 2. The van der Waals surface area contributed by atoms with Crippen LogP contribution in [-0.2, 0) is 17.0 Å². The zero-order valence-corrected chi connectivity index (χ0v) is 20.1. The number of amides is 2. The first-order valence-corrected chi connectivity index (χ1v) is 12.6. The third kappa shape index (κ3) is 6.66. The molecule has 0 radical (unpaired) electrons. The third-order valence-electron chi connectivity index (χ3n) is 6.09. The van der Waals surface area contributed by atoms with Crippen LogP contribution in [0.5, 0.6) is 0 Å². The zero-order chi connectivity index (χ0) is 24.6. The van der Waals surface area contributed by atoms with Crippen molar-refractivity contribution in [2.75, 3.05) is 19.6 Å². The Kier molecular flexibility index (Phi) is 8.47. The molecule has 3 aromatic rings. The lowest BCUT2D eigenvalue weighted by molar-refractivity contribution is -0.126. The lowest BCUT2D eigenvalue weighted by Crippen LogP contribution is -2.43. The summed E-state index contributed by atoms with van der Waals surface area (Å²) in [5.74, 6) is -0.287. The fraction of sp³-hybridized carbons (Fsp3) is 0.296. The molecule has 8 heteroatoms. The number of rotatable bonds is 8. The lowest BCUT2D eigenvalue weighted by Gasteiger charge is -2.31. The Balaban J connectivity index is 1.27. The van der Waals surface area contributed by atoms with E-state index in [-0.39, 0.29) is 29.4 Å². The molecule has 5 nitrogen and oxygen atoms in total. The van der Waals surface area contributed by atoms with E-state index in [9.17, 15) is 18.4 Å².